The van der Waals surface area contributed by atoms with E-state index in [9.17, 15) is 9.18 Å². The van der Waals surface area contributed by atoms with Gasteiger partial charge in [0.2, 0.25) is 11.8 Å². The van der Waals surface area contributed by atoms with Gasteiger partial charge in [-0.1, -0.05) is 43.6 Å². The van der Waals surface area contributed by atoms with Crippen LogP contribution in [0, 0.1) is 5.82 Å². The van der Waals surface area contributed by atoms with Gasteiger partial charge in [0.1, 0.15) is 11.9 Å². The van der Waals surface area contributed by atoms with Crippen molar-refractivity contribution in [3.63, 3.8) is 0 Å². The van der Waals surface area contributed by atoms with E-state index in [1.54, 1.807) is 11.0 Å². The summed E-state index contributed by atoms with van der Waals surface area (Å²) >= 11 is 6.08. The van der Waals surface area contributed by atoms with Crippen LogP contribution in [-0.4, -0.2) is 20.9 Å². The second-order valence-corrected chi connectivity index (χ2v) is 7.39. The predicted octanol–water partition coefficient (Wildman–Crippen LogP) is 4.02. The molecule has 0 bridgehead atoms. The monoisotopic (exact) mass is 351 g/mol. The summed E-state index contributed by atoms with van der Waals surface area (Å²) in [4.78, 5) is 18.3. The maximum atomic E-state index is 14.0. The highest BCUT2D eigenvalue weighted by Crippen LogP contribution is 2.35. The predicted molar refractivity (Wildman–Crippen MR) is 86.9 cm³/mol. The molecule has 5 nitrogen and oxygen atoms in total. The molecule has 0 spiro atoms. The van der Waals surface area contributed by atoms with E-state index >= 15 is 0 Å². The van der Waals surface area contributed by atoms with E-state index in [0.717, 1.165) is 0 Å². The van der Waals surface area contributed by atoms with Crippen LogP contribution in [0.5, 0.6) is 0 Å². The lowest BCUT2D eigenvalue weighted by Crippen LogP contribution is -2.28. The third kappa shape index (κ3) is 3.15. The Balaban J connectivity index is 1.89. The van der Waals surface area contributed by atoms with Crippen LogP contribution in [0.1, 0.15) is 56.9 Å². The number of carbonyl (C=O) groups is 1. The Morgan fingerprint density at radius 3 is 2.79 bits per heavy atom. The van der Waals surface area contributed by atoms with Crippen LogP contribution < -0.4 is 0 Å². The van der Waals surface area contributed by atoms with Crippen LogP contribution in [0.3, 0.4) is 0 Å². The van der Waals surface area contributed by atoms with E-state index in [0.29, 0.717) is 35.1 Å². The SMILES string of the molecule is CC(C)(C)c1noc(C2CCC(=O)N2Cc2c(F)cccc2Cl)n1. The van der Waals surface area contributed by atoms with Crippen molar-refractivity contribution in [3.8, 4) is 0 Å². The van der Waals surface area contributed by atoms with Gasteiger partial charge < -0.3 is 9.42 Å². The number of nitrogens with zero attached hydrogens (tertiary/aromatic N) is 3. The summed E-state index contributed by atoms with van der Waals surface area (Å²) < 4.78 is 19.4. The first kappa shape index (κ1) is 16.9. The zero-order valence-electron chi connectivity index (χ0n) is 13.8. The quantitative estimate of drug-likeness (QED) is 0.837. The standard InChI is InChI=1S/C17H19ClFN3O2/c1-17(2,3)16-20-15(24-21-16)13-7-8-14(23)22(13)9-10-11(18)5-4-6-12(10)19/h4-6,13H,7-9H2,1-3H3. The van der Waals surface area contributed by atoms with E-state index in [4.69, 9.17) is 16.1 Å². The van der Waals surface area contributed by atoms with Crippen molar-refractivity contribution in [1.29, 1.82) is 0 Å². The summed E-state index contributed by atoms with van der Waals surface area (Å²) in [5, 5.41) is 4.31. The number of hydrogen-bond acceptors (Lipinski definition) is 4. The van der Waals surface area contributed by atoms with E-state index in [2.05, 4.69) is 10.1 Å². The minimum Gasteiger partial charge on any atom is -0.337 e. The van der Waals surface area contributed by atoms with Crippen LogP contribution in [0.15, 0.2) is 22.7 Å². The average Bonchev–Trinajstić information content (AvgIpc) is 3.10. The van der Waals surface area contributed by atoms with Crippen LogP contribution >= 0.6 is 11.6 Å². The summed E-state index contributed by atoms with van der Waals surface area (Å²) in [5.74, 6) is 0.468. The van der Waals surface area contributed by atoms with Gasteiger partial charge in [0.25, 0.3) is 0 Å². The molecule has 0 N–H and O–H groups in total. The fourth-order valence-corrected chi connectivity index (χ4v) is 2.94. The van der Waals surface area contributed by atoms with Crippen molar-refractivity contribution in [2.24, 2.45) is 0 Å². The Kier molecular flexibility index (Phi) is 4.34. The fourth-order valence-electron chi connectivity index (χ4n) is 2.72. The van der Waals surface area contributed by atoms with E-state index in [1.165, 1.54) is 12.1 Å². The van der Waals surface area contributed by atoms with Crippen molar-refractivity contribution in [1.82, 2.24) is 15.0 Å². The Hall–Kier alpha value is -1.95. The first-order chi connectivity index (χ1) is 11.3. The van der Waals surface area contributed by atoms with Crippen LogP contribution in [0.2, 0.25) is 5.02 Å². The van der Waals surface area contributed by atoms with Crippen molar-refractivity contribution in [3.05, 3.63) is 46.3 Å². The van der Waals surface area contributed by atoms with Crippen LogP contribution in [-0.2, 0) is 16.8 Å². The van der Waals surface area contributed by atoms with Crippen LogP contribution in [0.25, 0.3) is 0 Å². The highest BCUT2D eigenvalue weighted by molar-refractivity contribution is 6.31. The number of carbonyl (C=O) groups excluding carboxylic acids is 1. The third-order valence-corrected chi connectivity index (χ3v) is 4.47. The molecule has 1 aliphatic rings. The molecule has 1 aromatic heterocycles. The third-order valence-electron chi connectivity index (χ3n) is 4.12. The molecule has 0 aliphatic carbocycles. The molecule has 0 saturated carbocycles. The average molecular weight is 352 g/mol. The molecule has 1 amide bonds. The number of hydrogen-bond donors (Lipinski definition) is 0. The molecular formula is C17H19ClFN3O2. The smallest absolute Gasteiger partial charge is 0.249 e. The number of rotatable bonds is 3. The second kappa shape index (κ2) is 6.16. The first-order valence-electron chi connectivity index (χ1n) is 7.84. The molecule has 1 saturated heterocycles. The molecule has 1 unspecified atom stereocenters. The Morgan fingerprint density at radius 2 is 2.17 bits per heavy atom. The van der Waals surface area contributed by atoms with Crippen molar-refractivity contribution >= 4 is 17.5 Å². The van der Waals surface area contributed by atoms with Crippen molar-refractivity contribution in [2.75, 3.05) is 0 Å². The molecule has 7 heteroatoms. The molecule has 0 radical (unpaired) electrons. The molecule has 1 fully saturated rings. The highest BCUT2D eigenvalue weighted by atomic mass is 35.5. The lowest BCUT2D eigenvalue weighted by Gasteiger charge is -2.23. The molecule has 1 aromatic carbocycles. The molecule has 1 atom stereocenters. The topological polar surface area (TPSA) is 59.2 Å². The van der Waals surface area contributed by atoms with Crippen molar-refractivity contribution < 1.29 is 13.7 Å². The number of halogens is 2. The molecule has 2 aromatic rings. The van der Waals surface area contributed by atoms with Crippen molar-refractivity contribution in [2.45, 2.75) is 51.6 Å². The zero-order chi connectivity index (χ0) is 17.5. The lowest BCUT2D eigenvalue weighted by atomic mass is 9.96. The second-order valence-electron chi connectivity index (χ2n) is 6.98. The van der Waals surface area contributed by atoms with E-state index < -0.39 is 5.82 Å². The Labute approximate surface area is 144 Å². The summed E-state index contributed by atoms with van der Waals surface area (Å²) in [5.41, 5.74) is 0.0549. The molecule has 24 heavy (non-hydrogen) atoms. The van der Waals surface area contributed by atoms with E-state index in [-0.39, 0.29) is 23.9 Å². The van der Waals surface area contributed by atoms with Gasteiger partial charge >= 0.3 is 0 Å². The molecule has 2 heterocycles. The number of likely N-dealkylation sites (tertiary alicyclic amines) is 1. The van der Waals surface area contributed by atoms with E-state index in [1.807, 2.05) is 20.8 Å². The fraction of sp³-hybridized carbons (Fsp3) is 0.471. The maximum absolute atomic E-state index is 14.0. The highest BCUT2D eigenvalue weighted by Gasteiger charge is 2.37. The van der Waals surface area contributed by atoms with Crippen LogP contribution in [0.4, 0.5) is 4.39 Å². The number of aromatic nitrogens is 2. The summed E-state index contributed by atoms with van der Waals surface area (Å²) in [7, 11) is 0. The normalized spacial score (nSPS) is 18.5. The Morgan fingerprint density at radius 1 is 1.42 bits per heavy atom. The van der Waals surface area contributed by atoms with Gasteiger partial charge in [0.15, 0.2) is 5.82 Å². The molecule has 3 rings (SSSR count). The minimum absolute atomic E-state index is 0.0742. The number of benzene rings is 1. The van der Waals surface area contributed by atoms with Gasteiger partial charge in [-0.05, 0) is 18.6 Å². The first-order valence-corrected chi connectivity index (χ1v) is 8.21. The number of amides is 1. The van der Waals surface area contributed by atoms with Gasteiger partial charge in [-0.3, -0.25) is 4.79 Å². The molecular weight excluding hydrogens is 333 g/mol. The maximum Gasteiger partial charge on any atom is 0.249 e. The van der Waals surface area contributed by atoms with Gasteiger partial charge in [-0.15, -0.1) is 0 Å². The molecule has 1 aliphatic heterocycles. The summed E-state index contributed by atoms with van der Waals surface area (Å²) in [6, 6.07) is 4.14. The Bertz CT molecular complexity index is 749. The largest absolute Gasteiger partial charge is 0.337 e. The summed E-state index contributed by atoms with van der Waals surface area (Å²) in [6.07, 6.45) is 0.931. The van der Waals surface area contributed by atoms with Gasteiger partial charge in [-0.25, -0.2) is 4.39 Å². The lowest BCUT2D eigenvalue weighted by molar-refractivity contribution is -0.130. The zero-order valence-corrected chi connectivity index (χ0v) is 14.6. The minimum atomic E-state index is -0.429. The molecule has 128 valence electrons. The van der Waals surface area contributed by atoms with Gasteiger partial charge in [0.05, 0.1) is 6.54 Å². The van der Waals surface area contributed by atoms with Gasteiger partial charge in [-0.2, -0.15) is 4.98 Å². The summed E-state index contributed by atoms with van der Waals surface area (Å²) in [6.45, 7) is 6.04. The van der Waals surface area contributed by atoms with Gasteiger partial charge in [0, 0.05) is 22.4 Å².